The Hall–Kier alpha value is -5.79. The summed E-state index contributed by atoms with van der Waals surface area (Å²) in [4.78, 5) is 57.4. The maximum absolute atomic E-state index is 15.4. The Morgan fingerprint density at radius 3 is 2.57 bits per heavy atom. The molecule has 2 aromatic carbocycles. The molecular weight excluding hydrogens is 714 g/mol. The standard InChI is InChI=1S/C42H46FN9O4/c1-25-36(21-45-41-39(25)44-13-17-56-41)51-16-12-29-20-46-42(48-35(29)24-51)47-31-5-2-28(34(43)19-31)18-38(54)50-14-10-26(11-15-50)30-22-52(23-30)32-6-3-27(4-7-32)33-8-9-37(53)49-40(33)55/h2-7,19-21,26,30,33,44H,8-18,22-24H2,1H3,(H,46,47,48)(H,49,53,55). The third-order valence-corrected chi connectivity index (χ3v) is 12.2. The number of hydrogen-bond acceptors (Lipinski definition) is 11. The molecule has 0 radical (unpaired) electrons. The van der Waals surface area contributed by atoms with Crippen molar-refractivity contribution in [2.75, 3.05) is 66.3 Å². The van der Waals surface area contributed by atoms with Gasteiger partial charge < -0.3 is 30.1 Å². The van der Waals surface area contributed by atoms with Gasteiger partial charge in [0, 0.05) is 68.8 Å². The fourth-order valence-corrected chi connectivity index (χ4v) is 8.84. The minimum atomic E-state index is -0.435. The van der Waals surface area contributed by atoms with Crippen LogP contribution in [0.4, 0.5) is 33.1 Å². The zero-order chi connectivity index (χ0) is 38.3. The van der Waals surface area contributed by atoms with Gasteiger partial charge in [0.1, 0.15) is 18.1 Å². The highest BCUT2D eigenvalue weighted by Gasteiger charge is 2.36. The normalized spacial score (nSPS) is 20.0. The van der Waals surface area contributed by atoms with Crippen LogP contribution in [-0.2, 0) is 33.8 Å². The molecule has 1 atom stereocenters. The molecule has 1 unspecified atom stereocenters. The van der Waals surface area contributed by atoms with Crippen LogP contribution in [-0.4, -0.2) is 83.4 Å². The van der Waals surface area contributed by atoms with Crippen molar-refractivity contribution in [3.8, 4) is 5.88 Å². The molecule has 290 valence electrons. The molecule has 0 spiro atoms. The lowest BCUT2D eigenvalue weighted by molar-refractivity contribution is -0.134. The Morgan fingerprint density at radius 1 is 0.964 bits per heavy atom. The first-order valence-electron chi connectivity index (χ1n) is 19.7. The average molecular weight is 760 g/mol. The summed E-state index contributed by atoms with van der Waals surface area (Å²) < 4.78 is 21.1. The highest BCUT2D eigenvalue weighted by atomic mass is 19.1. The summed E-state index contributed by atoms with van der Waals surface area (Å²) in [5.74, 6) is 0.974. The van der Waals surface area contributed by atoms with Gasteiger partial charge in [-0.25, -0.2) is 19.3 Å². The predicted molar refractivity (Wildman–Crippen MR) is 210 cm³/mol. The van der Waals surface area contributed by atoms with E-state index in [0.29, 0.717) is 74.0 Å². The van der Waals surface area contributed by atoms with Crippen molar-refractivity contribution >= 4 is 46.4 Å². The number of carbonyl (C=O) groups excluding carboxylic acids is 3. The highest BCUT2D eigenvalue weighted by molar-refractivity contribution is 6.01. The van der Waals surface area contributed by atoms with E-state index in [-0.39, 0.29) is 30.1 Å². The number of pyridine rings is 1. The van der Waals surface area contributed by atoms with Crippen LogP contribution in [0.5, 0.6) is 5.88 Å². The summed E-state index contributed by atoms with van der Waals surface area (Å²) in [6, 6.07) is 13.0. The van der Waals surface area contributed by atoms with E-state index in [2.05, 4.69) is 54.8 Å². The third kappa shape index (κ3) is 7.19. The average Bonchev–Trinajstić information content (AvgIpc) is 3.19. The van der Waals surface area contributed by atoms with Gasteiger partial charge >= 0.3 is 0 Å². The molecule has 5 aliphatic heterocycles. The van der Waals surface area contributed by atoms with Crippen molar-refractivity contribution in [3.05, 3.63) is 88.6 Å². The first-order valence-corrected chi connectivity index (χ1v) is 19.7. The summed E-state index contributed by atoms with van der Waals surface area (Å²) in [5.41, 5.74) is 8.05. The Balaban J connectivity index is 0.747. The second-order valence-electron chi connectivity index (χ2n) is 15.6. The molecule has 3 N–H and O–H groups in total. The maximum atomic E-state index is 15.4. The predicted octanol–water partition coefficient (Wildman–Crippen LogP) is 4.87. The summed E-state index contributed by atoms with van der Waals surface area (Å²) >= 11 is 0. The van der Waals surface area contributed by atoms with Gasteiger partial charge in [-0.2, -0.15) is 0 Å². The topological polar surface area (TPSA) is 145 Å². The first kappa shape index (κ1) is 35.9. The number of likely N-dealkylation sites (tertiary alicyclic amines) is 1. The molecule has 3 amide bonds. The van der Waals surface area contributed by atoms with Gasteiger partial charge in [-0.05, 0) is 85.4 Å². The molecule has 0 saturated carbocycles. The summed E-state index contributed by atoms with van der Waals surface area (Å²) in [6.07, 6.45) is 7.33. The number of hydrogen-bond donors (Lipinski definition) is 3. The number of piperidine rings is 2. The van der Waals surface area contributed by atoms with E-state index < -0.39 is 5.82 Å². The van der Waals surface area contributed by atoms with Gasteiger partial charge in [0.2, 0.25) is 29.5 Å². The lowest BCUT2D eigenvalue weighted by Gasteiger charge is -2.47. The number of benzene rings is 2. The summed E-state index contributed by atoms with van der Waals surface area (Å²) in [6.45, 7) is 8.16. The van der Waals surface area contributed by atoms with Gasteiger partial charge in [0.25, 0.3) is 0 Å². The van der Waals surface area contributed by atoms with Crippen molar-refractivity contribution in [2.24, 2.45) is 11.8 Å². The second kappa shape index (κ2) is 15.0. The Labute approximate surface area is 325 Å². The molecule has 0 bridgehead atoms. The van der Waals surface area contributed by atoms with Crippen molar-refractivity contribution in [1.29, 1.82) is 0 Å². The number of amides is 3. The maximum Gasteiger partial charge on any atom is 0.237 e. The van der Waals surface area contributed by atoms with Crippen LogP contribution < -0.4 is 30.5 Å². The van der Waals surface area contributed by atoms with Crippen LogP contribution in [0.2, 0.25) is 0 Å². The van der Waals surface area contributed by atoms with E-state index in [1.54, 1.807) is 12.1 Å². The second-order valence-corrected chi connectivity index (χ2v) is 15.6. The van der Waals surface area contributed by atoms with Crippen molar-refractivity contribution in [1.82, 2.24) is 25.2 Å². The molecule has 5 aliphatic rings. The quantitative estimate of drug-likeness (QED) is 0.212. The molecule has 56 heavy (non-hydrogen) atoms. The summed E-state index contributed by atoms with van der Waals surface area (Å²) in [7, 11) is 0. The fourth-order valence-electron chi connectivity index (χ4n) is 8.84. The molecular formula is C42H46FN9O4. The minimum absolute atomic E-state index is 0.0204. The van der Waals surface area contributed by atoms with E-state index in [0.717, 1.165) is 84.9 Å². The van der Waals surface area contributed by atoms with Crippen LogP contribution >= 0.6 is 0 Å². The van der Waals surface area contributed by atoms with E-state index in [4.69, 9.17) is 9.72 Å². The first-order chi connectivity index (χ1) is 27.3. The lowest BCUT2D eigenvalue weighted by Crippen LogP contribution is -2.52. The molecule has 3 saturated heterocycles. The Kier molecular flexibility index (Phi) is 9.64. The monoisotopic (exact) mass is 759 g/mol. The Bertz CT molecular complexity index is 2170. The molecule has 9 rings (SSSR count). The van der Waals surface area contributed by atoms with Crippen LogP contribution in [0.3, 0.4) is 0 Å². The zero-order valence-electron chi connectivity index (χ0n) is 31.5. The number of nitrogens with one attached hydrogen (secondary N) is 3. The smallest absolute Gasteiger partial charge is 0.237 e. The molecule has 0 aliphatic carbocycles. The SMILES string of the molecule is Cc1c(N2CCc3cnc(Nc4ccc(CC(=O)N5CCC(C6CN(c7ccc(C8CCC(=O)NC8=O)cc7)C6)CC5)c(F)c4)nc3C2)cnc2c1NCCO2. The van der Waals surface area contributed by atoms with Crippen molar-refractivity contribution in [3.63, 3.8) is 0 Å². The molecule has 7 heterocycles. The van der Waals surface area contributed by atoms with E-state index in [9.17, 15) is 14.4 Å². The van der Waals surface area contributed by atoms with E-state index in [1.807, 2.05) is 29.4 Å². The van der Waals surface area contributed by atoms with Crippen LogP contribution in [0, 0.1) is 24.6 Å². The lowest BCUT2D eigenvalue weighted by atomic mass is 9.79. The molecule has 3 fully saturated rings. The number of fused-ring (bicyclic) bond motifs is 2. The zero-order valence-corrected chi connectivity index (χ0v) is 31.5. The number of carbonyl (C=O) groups is 3. The number of aromatic nitrogens is 3. The number of rotatable bonds is 8. The highest BCUT2D eigenvalue weighted by Crippen LogP contribution is 2.38. The van der Waals surface area contributed by atoms with Crippen molar-refractivity contribution < 1.29 is 23.5 Å². The fraction of sp³-hybridized carbons (Fsp3) is 0.429. The van der Waals surface area contributed by atoms with Gasteiger partial charge in [-0.1, -0.05) is 18.2 Å². The molecule has 2 aromatic heterocycles. The van der Waals surface area contributed by atoms with Gasteiger partial charge in [-0.3, -0.25) is 19.7 Å². The van der Waals surface area contributed by atoms with Crippen molar-refractivity contribution in [2.45, 2.75) is 57.9 Å². The summed E-state index contributed by atoms with van der Waals surface area (Å²) in [5, 5.41) is 9.01. The third-order valence-electron chi connectivity index (χ3n) is 12.2. The largest absolute Gasteiger partial charge is 0.474 e. The van der Waals surface area contributed by atoms with E-state index >= 15 is 4.39 Å². The number of halogens is 1. The van der Waals surface area contributed by atoms with Gasteiger partial charge in [0.05, 0.1) is 36.5 Å². The Morgan fingerprint density at radius 2 is 1.79 bits per heavy atom. The molecule has 14 heteroatoms. The molecule has 4 aromatic rings. The number of ether oxygens (including phenoxy) is 1. The van der Waals surface area contributed by atoms with Gasteiger partial charge in [0.15, 0.2) is 0 Å². The number of anilines is 5. The number of imide groups is 1. The number of nitrogens with zero attached hydrogens (tertiary/aromatic N) is 6. The molecule has 13 nitrogen and oxygen atoms in total. The minimum Gasteiger partial charge on any atom is -0.474 e. The van der Waals surface area contributed by atoms with E-state index in [1.165, 1.54) is 6.07 Å². The van der Waals surface area contributed by atoms with Gasteiger partial charge in [-0.15, -0.1) is 0 Å². The van der Waals surface area contributed by atoms with Crippen LogP contribution in [0.1, 0.15) is 59.5 Å². The van der Waals surface area contributed by atoms with Crippen LogP contribution in [0.25, 0.3) is 0 Å². The van der Waals surface area contributed by atoms with Crippen LogP contribution in [0.15, 0.2) is 54.9 Å².